The monoisotopic (exact) mass is 151 g/mol. The summed E-state index contributed by atoms with van der Waals surface area (Å²) in [5.41, 5.74) is 1.97. The van der Waals surface area contributed by atoms with Crippen molar-refractivity contribution in [2.45, 2.75) is 6.18 Å². The third-order valence-corrected chi connectivity index (χ3v) is 0.860. The van der Waals surface area contributed by atoms with E-state index < -0.39 is 11.9 Å². The second kappa shape index (κ2) is 2.24. The number of alkyl halides is 3. The Morgan fingerprint density at radius 2 is 2.10 bits per heavy atom. The topological polar surface area (TPSA) is 21.3 Å². The molecule has 1 heterocycles. The fourth-order valence-electron chi connectivity index (χ4n) is 0.459. The van der Waals surface area contributed by atoms with Crippen molar-refractivity contribution in [3.63, 3.8) is 0 Å². The first-order valence-corrected chi connectivity index (χ1v) is 2.47. The first-order chi connectivity index (χ1) is 4.61. The van der Waals surface area contributed by atoms with Crippen LogP contribution in [-0.2, 0) is 4.84 Å². The maximum absolute atomic E-state index is 11.7. The van der Waals surface area contributed by atoms with E-state index in [9.17, 15) is 13.2 Å². The molecule has 0 fully saturated rings. The Morgan fingerprint density at radius 1 is 1.40 bits per heavy atom. The predicted molar refractivity (Wildman–Crippen MR) is 27.5 cm³/mol. The number of rotatable bonds is 0. The van der Waals surface area contributed by atoms with Crippen LogP contribution in [0.5, 0.6) is 0 Å². The zero-order chi connectivity index (χ0) is 7.61. The molecule has 0 atom stereocenters. The summed E-state index contributed by atoms with van der Waals surface area (Å²) < 4.78 is 35.0. The summed E-state index contributed by atoms with van der Waals surface area (Å²) in [6, 6.07) is 0. The normalized spacial score (nSPS) is 17.3. The van der Waals surface area contributed by atoms with Crippen LogP contribution in [0.25, 0.3) is 0 Å². The van der Waals surface area contributed by atoms with Gasteiger partial charge in [0.25, 0.3) is 0 Å². The van der Waals surface area contributed by atoms with E-state index in [1.54, 1.807) is 0 Å². The molecule has 1 aliphatic heterocycles. The van der Waals surface area contributed by atoms with Crippen LogP contribution in [0.15, 0.2) is 24.1 Å². The minimum absolute atomic E-state index is 0.844. The average molecular weight is 151 g/mol. The quantitative estimate of drug-likeness (QED) is 0.566. The number of nitrogens with one attached hydrogen (secondary N) is 1. The van der Waals surface area contributed by atoms with Crippen LogP contribution >= 0.6 is 0 Å². The lowest BCUT2D eigenvalue weighted by Gasteiger charge is -2.13. The third-order valence-electron chi connectivity index (χ3n) is 0.860. The molecule has 0 aromatic rings. The van der Waals surface area contributed by atoms with Gasteiger partial charge in [-0.05, 0) is 12.2 Å². The van der Waals surface area contributed by atoms with Gasteiger partial charge in [0.05, 0.1) is 0 Å². The maximum Gasteiger partial charge on any atom is 0.452 e. The molecule has 1 aliphatic rings. The maximum atomic E-state index is 11.7. The Labute approximate surface area is 54.9 Å². The highest BCUT2D eigenvalue weighted by Crippen LogP contribution is 2.26. The van der Waals surface area contributed by atoms with Gasteiger partial charge in [-0.1, -0.05) is 0 Å². The molecule has 10 heavy (non-hydrogen) atoms. The van der Waals surface area contributed by atoms with Crippen LogP contribution < -0.4 is 5.48 Å². The van der Waals surface area contributed by atoms with Crippen molar-refractivity contribution in [1.29, 1.82) is 0 Å². The first-order valence-electron chi connectivity index (χ1n) is 2.47. The third kappa shape index (κ3) is 1.43. The summed E-state index contributed by atoms with van der Waals surface area (Å²) >= 11 is 0. The smallest absolute Gasteiger partial charge is 0.377 e. The Hall–Kier alpha value is -1.13. The minimum atomic E-state index is -4.40. The van der Waals surface area contributed by atoms with E-state index in [1.807, 2.05) is 5.48 Å². The number of halogens is 3. The van der Waals surface area contributed by atoms with Gasteiger partial charge in [0.2, 0.25) is 5.76 Å². The van der Waals surface area contributed by atoms with Crippen LogP contribution in [-0.4, -0.2) is 6.18 Å². The fourth-order valence-corrected chi connectivity index (χ4v) is 0.459. The lowest BCUT2D eigenvalue weighted by atomic mass is 10.4. The molecule has 56 valence electrons. The molecule has 0 amide bonds. The molecule has 0 saturated carbocycles. The molecule has 2 nitrogen and oxygen atoms in total. The first kappa shape index (κ1) is 6.98. The van der Waals surface area contributed by atoms with Gasteiger partial charge in [0.1, 0.15) is 0 Å². The van der Waals surface area contributed by atoms with Crippen LogP contribution in [0, 0.1) is 0 Å². The number of allylic oxidation sites excluding steroid dienone is 3. The summed E-state index contributed by atoms with van der Waals surface area (Å²) in [4.78, 5) is 4.04. The summed E-state index contributed by atoms with van der Waals surface area (Å²) in [6.07, 6.45) is -1.09. The van der Waals surface area contributed by atoms with E-state index in [2.05, 4.69) is 4.84 Å². The summed E-state index contributed by atoms with van der Waals surface area (Å²) in [5, 5.41) is 0. The van der Waals surface area contributed by atoms with Crippen LogP contribution in [0.1, 0.15) is 0 Å². The van der Waals surface area contributed by atoms with Crippen molar-refractivity contribution in [2.75, 3.05) is 0 Å². The van der Waals surface area contributed by atoms with Crippen LogP contribution in [0.4, 0.5) is 13.2 Å². The number of hydroxylamine groups is 1. The summed E-state index contributed by atoms with van der Waals surface area (Å²) in [6.45, 7) is 0. The molecule has 0 radical (unpaired) electrons. The molecule has 0 unspecified atom stereocenters. The van der Waals surface area contributed by atoms with E-state index in [1.165, 1.54) is 12.3 Å². The Kier molecular flexibility index (Phi) is 1.57. The average Bonchev–Trinajstić information content (AvgIpc) is 1.88. The van der Waals surface area contributed by atoms with Crippen molar-refractivity contribution >= 4 is 0 Å². The Morgan fingerprint density at radius 3 is 2.40 bits per heavy atom. The molecule has 1 N–H and O–H groups in total. The Balaban J connectivity index is 2.72. The number of hydrogen-bond donors (Lipinski definition) is 1. The standard InChI is InChI=1S/C5H4F3NO/c6-5(7,8)4-2-1-3-9-10-4/h1-3,9H. The molecule has 0 aromatic carbocycles. The molecule has 0 spiro atoms. The van der Waals surface area contributed by atoms with Gasteiger partial charge in [-0.15, -0.1) is 0 Å². The predicted octanol–water partition coefficient (Wildman–Crippen LogP) is 1.48. The Bertz CT molecular complexity index is 182. The van der Waals surface area contributed by atoms with Crippen molar-refractivity contribution in [2.24, 2.45) is 0 Å². The highest BCUT2D eigenvalue weighted by atomic mass is 19.4. The van der Waals surface area contributed by atoms with Gasteiger partial charge in [0.15, 0.2) is 0 Å². The molecule has 0 saturated heterocycles. The van der Waals surface area contributed by atoms with Crippen molar-refractivity contribution in [3.8, 4) is 0 Å². The summed E-state index contributed by atoms with van der Waals surface area (Å²) in [5.74, 6) is -1.03. The van der Waals surface area contributed by atoms with Gasteiger partial charge in [-0.3, -0.25) is 0 Å². The van der Waals surface area contributed by atoms with Crippen molar-refractivity contribution in [3.05, 3.63) is 24.1 Å². The van der Waals surface area contributed by atoms with E-state index in [-0.39, 0.29) is 0 Å². The second-order valence-corrected chi connectivity index (χ2v) is 1.61. The van der Waals surface area contributed by atoms with Gasteiger partial charge in [-0.25, -0.2) is 5.48 Å². The van der Waals surface area contributed by atoms with Gasteiger partial charge in [-0.2, -0.15) is 13.2 Å². The van der Waals surface area contributed by atoms with Crippen molar-refractivity contribution in [1.82, 2.24) is 5.48 Å². The molecular formula is C5H4F3NO. The van der Waals surface area contributed by atoms with Gasteiger partial charge < -0.3 is 4.84 Å². The van der Waals surface area contributed by atoms with E-state index in [4.69, 9.17) is 0 Å². The lowest BCUT2D eigenvalue weighted by molar-refractivity contribution is -0.140. The zero-order valence-corrected chi connectivity index (χ0v) is 4.77. The molecule has 5 heteroatoms. The molecule has 0 aliphatic carbocycles. The highest BCUT2D eigenvalue weighted by molar-refractivity contribution is 5.13. The van der Waals surface area contributed by atoms with E-state index in [0.717, 1.165) is 6.08 Å². The minimum Gasteiger partial charge on any atom is -0.377 e. The lowest BCUT2D eigenvalue weighted by Crippen LogP contribution is -2.21. The van der Waals surface area contributed by atoms with E-state index in [0.29, 0.717) is 0 Å². The van der Waals surface area contributed by atoms with Gasteiger partial charge >= 0.3 is 6.18 Å². The van der Waals surface area contributed by atoms with Crippen molar-refractivity contribution < 1.29 is 18.0 Å². The molecule has 0 bridgehead atoms. The second-order valence-electron chi connectivity index (χ2n) is 1.61. The van der Waals surface area contributed by atoms with Gasteiger partial charge in [0, 0.05) is 6.20 Å². The fraction of sp³-hybridized carbons (Fsp3) is 0.200. The van der Waals surface area contributed by atoms with E-state index >= 15 is 0 Å². The zero-order valence-electron chi connectivity index (χ0n) is 4.77. The SMILES string of the molecule is FC(F)(F)C1=CC=CNO1. The largest absolute Gasteiger partial charge is 0.452 e. The highest BCUT2D eigenvalue weighted by Gasteiger charge is 2.36. The molecule has 0 aromatic heterocycles. The number of hydrogen-bond acceptors (Lipinski definition) is 2. The molecule has 1 rings (SSSR count). The summed E-state index contributed by atoms with van der Waals surface area (Å²) in [7, 11) is 0. The molecular weight excluding hydrogens is 147 g/mol. The van der Waals surface area contributed by atoms with Crippen LogP contribution in [0.3, 0.4) is 0 Å². The van der Waals surface area contributed by atoms with Crippen LogP contribution in [0.2, 0.25) is 0 Å².